The Morgan fingerprint density at radius 2 is 1.93 bits per heavy atom. The van der Waals surface area contributed by atoms with Crippen molar-refractivity contribution in [3.63, 3.8) is 0 Å². The van der Waals surface area contributed by atoms with E-state index in [-0.39, 0.29) is 11.8 Å². The molecule has 150 valence electrons. The number of nitrogens with zero attached hydrogens (tertiary/aromatic N) is 2. The van der Waals surface area contributed by atoms with Crippen molar-refractivity contribution in [3.8, 4) is 0 Å². The van der Waals surface area contributed by atoms with Gasteiger partial charge in [0.15, 0.2) is 0 Å². The van der Waals surface area contributed by atoms with Crippen molar-refractivity contribution in [1.29, 1.82) is 0 Å². The van der Waals surface area contributed by atoms with Gasteiger partial charge in [0.05, 0.1) is 11.2 Å². The molecule has 1 aliphatic rings. The Balaban J connectivity index is 1.59. The fourth-order valence-corrected chi connectivity index (χ4v) is 4.18. The molecule has 2 amide bonds. The molecule has 0 atom stereocenters. The summed E-state index contributed by atoms with van der Waals surface area (Å²) in [4.78, 5) is 27.4. The summed E-state index contributed by atoms with van der Waals surface area (Å²) in [6.45, 7) is 3.30. The van der Waals surface area contributed by atoms with Crippen LogP contribution in [0.25, 0.3) is 10.9 Å². The third-order valence-electron chi connectivity index (χ3n) is 5.66. The number of rotatable bonds is 6. The monoisotopic (exact) mass is 389 g/mol. The number of carbonyl (C=O) groups is 2. The zero-order valence-corrected chi connectivity index (χ0v) is 17.1. The lowest BCUT2D eigenvalue weighted by molar-refractivity contribution is -0.117. The molecule has 4 rings (SSSR count). The molecule has 1 aliphatic heterocycles. The maximum absolute atomic E-state index is 13.1. The van der Waals surface area contributed by atoms with Crippen molar-refractivity contribution in [2.24, 2.45) is 7.05 Å². The van der Waals surface area contributed by atoms with Gasteiger partial charge in [-0.1, -0.05) is 42.0 Å². The third kappa shape index (κ3) is 3.77. The molecule has 1 aromatic heterocycles. The largest absolute Gasteiger partial charge is 0.351 e. The van der Waals surface area contributed by atoms with Crippen molar-refractivity contribution in [2.75, 3.05) is 18.0 Å². The molecule has 0 aliphatic carbocycles. The van der Waals surface area contributed by atoms with Crippen LogP contribution in [-0.4, -0.2) is 29.5 Å². The predicted octanol–water partition coefficient (Wildman–Crippen LogP) is 3.98. The highest BCUT2D eigenvalue weighted by Crippen LogP contribution is 2.36. The van der Waals surface area contributed by atoms with Crippen LogP contribution in [0.5, 0.6) is 0 Å². The first-order valence-corrected chi connectivity index (χ1v) is 10.3. The molecule has 5 nitrogen and oxygen atoms in total. The summed E-state index contributed by atoms with van der Waals surface area (Å²) in [6, 6.07) is 16.4. The van der Waals surface area contributed by atoms with Gasteiger partial charge in [-0.25, -0.2) is 0 Å². The van der Waals surface area contributed by atoms with Gasteiger partial charge in [-0.2, -0.15) is 0 Å². The van der Waals surface area contributed by atoms with Crippen LogP contribution in [0.2, 0.25) is 0 Å². The quantitative estimate of drug-likeness (QED) is 0.649. The van der Waals surface area contributed by atoms with Crippen molar-refractivity contribution in [1.82, 2.24) is 9.88 Å². The van der Waals surface area contributed by atoms with Gasteiger partial charge in [-0.15, -0.1) is 0 Å². The molecule has 0 saturated carbocycles. The topological polar surface area (TPSA) is 54.3 Å². The first-order chi connectivity index (χ1) is 14.1. The fourth-order valence-electron chi connectivity index (χ4n) is 4.18. The van der Waals surface area contributed by atoms with Crippen LogP contribution in [0.3, 0.4) is 0 Å². The number of hydrogen-bond donors (Lipinski definition) is 1. The Bertz CT molecular complexity index is 1050. The van der Waals surface area contributed by atoms with Crippen molar-refractivity contribution < 1.29 is 9.59 Å². The fraction of sp³-hybridized carbons (Fsp3) is 0.333. The number of hydrogen-bond acceptors (Lipinski definition) is 2. The molecule has 0 unspecified atom stereocenters. The van der Waals surface area contributed by atoms with Gasteiger partial charge in [0.2, 0.25) is 5.91 Å². The molecule has 3 aromatic rings. The number of carbonyl (C=O) groups excluding carboxylic acids is 2. The van der Waals surface area contributed by atoms with E-state index >= 15 is 0 Å². The maximum atomic E-state index is 13.1. The number of aromatic nitrogens is 1. The smallest absolute Gasteiger partial charge is 0.270 e. The number of amides is 2. The molecular weight excluding hydrogens is 362 g/mol. The predicted molar refractivity (Wildman–Crippen MR) is 116 cm³/mol. The normalized spacial score (nSPS) is 14.0. The summed E-state index contributed by atoms with van der Waals surface area (Å²) in [5.74, 6) is -0.0266. The van der Waals surface area contributed by atoms with Gasteiger partial charge < -0.3 is 14.8 Å². The molecule has 1 N–H and O–H groups in total. The summed E-state index contributed by atoms with van der Waals surface area (Å²) in [6.07, 6.45) is 3.17. The second kappa shape index (κ2) is 8.11. The number of fused-ring (bicyclic) bond motifs is 1. The summed E-state index contributed by atoms with van der Waals surface area (Å²) < 4.78 is 1.92. The number of aryl methyl sites for hydroxylation is 3. The zero-order chi connectivity index (χ0) is 20.4. The van der Waals surface area contributed by atoms with Crippen LogP contribution in [-0.2, 0) is 18.3 Å². The second-order valence-corrected chi connectivity index (χ2v) is 7.77. The summed E-state index contributed by atoms with van der Waals surface area (Å²) in [7, 11) is 1.90. The summed E-state index contributed by atoms with van der Waals surface area (Å²) in [5, 5.41) is 4.04. The Morgan fingerprint density at radius 1 is 1.14 bits per heavy atom. The lowest BCUT2D eigenvalue weighted by atomic mass is 10.1. The standard InChI is InChI=1S/C24H27N3O2/c1-17-12-13-20-19(16-17)22(27-15-7-11-21(27)28)23(26(20)2)24(29)25-14-6-10-18-8-4-3-5-9-18/h3-5,8-9,12-13,16H,6-7,10-11,14-15H2,1-2H3,(H,25,29). The minimum Gasteiger partial charge on any atom is -0.351 e. The average molecular weight is 389 g/mol. The average Bonchev–Trinajstić information content (AvgIpc) is 3.26. The van der Waals surface area contributed by atoms with Crippen LogP contribution in [0.4, 0.5) is 5.69 Å². The van der Waals surface area contributed by atoms with E-state index < -0.39 is 0 Å². The van der Waals surface area contributed by atoms with Gasteiger partial charge in [-0.05, 0) is 43.9 Å². The molecule has 0 bridgehead atoms. The van der Waals surface area contributed by atoms with Crippen molar-refractivity contribution in [2.45, 2.75) is 32.6 Å². The minimum atomic E-state index is -0.121. The Hall–Kier alpha value is -3.08. The van der Waals surface area contributed by atoms with Crippen LogP contribution in [0, 0.1) is 6.92 Å². The molecule has 5 heteroatoms. The highest BCUT2D eigenvalue weighted by Gasteiger charge is 2.31. The van der Waals surface area contributed by atoms with Crippen molar-refractivity contribution >= 4 is 28.4 Å². The van der Waals surface area contributed by atoms with Crippen LogP contribution >= 0.6 is 0 Å². The van der Waals surface area contributed by atoms with E-state index in [0.29, 0.717) is 25.2 Å². The highest BCUT2D eigenvalue weighted by atomic mass is 16.2. The second-order valence-electron chi connectivity index (χ2n) is 7.77. The highest BCUT2D eigenvalue weighted by molar-refractivity contribution is 6.14. The van der Waals surface area contributed by atoms with Gasteiger partial charge in [0.25, 0.3) is 5.91 Å². The Kier molecular flexibility index (Phi) is 5.38. The molecule has 1 saturated heterocycles. The number of nitrogens with one attached hydrogen (secondary N) is 1. The molecule has 29 heavy (non-hydrogen) atoms. The van der Waals surface area contributed by atoms with Crippen LogP contribution in [0.15, 0.2) is 48.5 Å². The van der Waals surface area contributed by atoms with E-state index in [1.54, 1.807) is 4.90 Å². The van der Waals surface area contributed by atoms with Gasteiger partial charge in [0.1, 0.15) is 5.69 Å². The number of anilines is 1. The Labute approximate surface area is 171 Å². The SMILES string of the molecule is Cc1ccc2c(c1)c(N1CCCC1=O)c(C(=O)NCCCc1ccccc1)n2C. The van der Waals surface area contributed by atoms with E-state index in [2.05, 4.69) is 23.5 Å². The van der Waals surface area contributed by atoms with E-state index in [0.717, 1.165) is 41.4 Å². The third-order valence-corrected chi connectivity index (χ3v) is 5.66. The maximum Gasteiger partial charge on any atom is 0.270 e. The minimum absolute atomic E-state index is 0.0946. The first-order valence-electron chi connectivity index (χ1n) is 10.3. The first kappa shape index (κ1) is 19.2. The van der Waals surface area contributed by atoms with E-state index in [1.165, 1.54) is 5.56 Å². The van der Waals surface area contributed by atoms with Gasteiger partial charge in [-0.3, -0.25) is 9.59 Å². The summed E-state index contributed by atoms with van der Waals surface area (Å²) in [5.41, 5.74) is 4.69. The zero-order valence-electron chi connectivity index (χ0n) is 17.1. The van der Waals surface area contributed by atoms with Crippen LogP contribution < -0.4 is 10.2 Å². The molecule has 0 spiro atoms. The van der Waals surface area contributed by atoms with Gasteiger partial charge in [0, 0.05) is 31.9 Å². The summed E-state index contributed by atoms with van der Waals surface area (Å²) >= 11 is 0. The lowest BCUT2D eigenvalue weighted by Gasteiger charge is -2.18. The van der Waals surface area contributed by atoms with Gasteiger partial charge >= 0.3 is 0 Å². The van der Waals surface area contributed by atoms with E-state index in [4.69, 9.17) is 0 Å². The van der Waals surface area contributed by atoms with Crippen LogP contribution in [0.1, 0.15) is 40.9 Å². The van der Waals surface area contributed by atoms with E-state index in [9.17, 15) is 9.59 Å². The molecule has 2 heterocycles. The van der Waals surface area contributed by atoms with E-state index in [1.807, 2.05) is 48.9 Å². The molecule has 0 radical (unpaired) electrons. The molecular formula is C24H27N3O2. The Morgan fingerprint density at radius 3 is 2.66 bits per heavy atom. The number of benzene rings is 2. The van der Waals surface area contributed by atoms with Crippen molar-refractivity contribution in [3.05, 3.63) is 65.4 Å². The molecule has 1 fully saturated rings. The lowest BCUT2D eigenvalue weighted by Crippen LogP contribution is -2.31. The molecule has 2 aromatic carbocycles.